The molecule has 0 atom stereocenters. The van der Waals surface area contributed by atoms with Gasteiger partial charge in [0.2, 0.25) is 0 Å². The van der Waals surface area contributed by atoms with Crippen molar-refractivity contribution < 1.29 is 19.0 Å². The number of fused-ring (bicyclic) bond motifs is 1. The lowest BCUT2D eigenvalue weighted by molar-refractivity contribution is 0.0695. The Bertz CT molecular complexity index is 1030. The number of carboxylic acids is 1. The van der Waals surface area contributed by atoms with E-state index in [2.05, 4.69) is 9.97 Å². The molecule has 27 heavy (non-hydrogen) atoms. The summed E-state index contributed by atoms with van der Waals surface area (Å²) in [5, 5.41) is 10.1. The molecule has 0 saturated heterocycles. The molecule has 1 aliphatic carbocycles. The predicted octanol–water partition coefficient (Wildman–Crippen LogP) is 4.80. The quantitative estimate of drug-likeness (QED) is 0.718. The van der Waals surface area contributed by atoms with Crippen molar-refractivity contribution in [3.63, 3.8) is 0 Å². The minimum Gasteiger partial charge on any atom is -0.494 e. The third kappa shape index (κ3) is 3.12. The molecular formula is C21H19FN2O3. The van der Waals surface area contributed by atoms with E-state index in [0.29, 0.717) is 22.2 Å². The maximum Gasteiger partial charge on any atom is 0.335 e. The number of rotatable bonds is 4. The summed E-state index contributed by atoms with van der Waals surface area (Å²) in [5.74, 6) is -1.05. The topological polar surface area (TPSA) is 72.3 Å². The van der Waals surface area contributed by atoms with Crippen molar-refractivity contribution in [1.29, 1.82) is 0 Å². The molecule has 3 aromatic rings. The average molecular weight is 366 g/mol. The molecule has 1 fully saturated rings. The number of nitrogens with zero attached hydrogens (tertiary/aromatic N) is 2. The molecule has 1 saturated carbocycles. The van der Waals surface area contributed by atoms with Crippen molar-refractivity contribution in [2.24, 2.45) is 0 Å². The lowest BCUT2D eigenvalue weighted by atomic mass is 9.90. The zero-order chi connectivity index (χ0) is 19.0. The van der Waals surface area contributed by atoms with Gasteiger partial charge in [-0.05, 0) is 42.5 Å². The number of ether oxygens (including phenoxy) is 1. The zero-order valence-corrected chi connectivity index (χ0v) is 14.9. The molecule has 2 aromatic carbocycles. The number of benzene rings is 2. The highest BCUT2D eigenvalue weighted by molar-refractivity contribution is 5.95. The molecule has 0 unspecified atom stereocenters. The molecule has 1 N–H and O–H groups in total. The molecule has 6 heteroatoms. The lowest BCUT2D eigenvalue weighted by Gasteiger charge is -2.15. The minimum atomic E-state index is -0.924. The zero-order valence-electron chi connectivity index (χ0n) is 14.9. The van der Waals surface area contributed by atoms with Crippen LogP contribution in [0.5, 0.6) is 5.75 Å². The van der Waals surface area contributed by atoms with Gasteiger partial charge in [0, 0.05) is 17.0 Å². The highest BCUT2D eigenvalue weighted by atomic mass is 19.1. The number of aromatic carboxylic acids is 1. The van der Waals surface area contributed by atoms with E-state index in [0.717, 1.165) is 36.8 Å². The van der Waals surface area contributed by atoms with Crippen LogP contribution in [0.2, 0.25) is 0 Å². The first-order chi connectivity index (χ1) is 13.1. The van der Waals surface area contributed by atoms with E-state index >= 15 is 0 Å². The van der Waals surface area contributed by atoms with E-state index in [1.807, 2.05) is 6.07 Å². The van der Waals surface area contributed by atoms with Crippen LogP contribution >= 0.6 is 0 Å². The number of hydrogen-bond donors (Lipinski definition) is 1. The Morgan fingerprint density at radius 3 is 2.67 bits per heavy atom. The van der Waals surface area contributed by atoms with Gasteiger partial charge in [-0.25, -0.2) is 19.2 Å². The first-order valence-electron chi connectivity index (χ1n) is 8.94. The first kappa shape index (κ1) is 17.4. The van der Waals surface area contributed by atoms with Gasteiger partial charge in [-0.2, -0.15) is 0 Å². The third-order valence-corrected chi connectivity index (χ3v) is 5.26. The molecule has 0 radical (unpaired) electrons. The second-order valence-corrected chi connectivity index (χ2v) is 6.81. The number of aromatic nitrogens is 2. The third-order valence-electron chi connectivity index (χ3n) is 5.26. The smallest absolute Gasteiger partial charge is 0.335 e. The number of halogens is 1. The van der Waals surface area contributed by atoms with Crippen LogP contribution in [0.25, 0.3) is 22.2 Å². The molecule has 1 aromatic heterocycles. The Balaban J connectivity index is 1.89. The average Bonchev–Trinajstić information content (AvgIpc) is 3.21. The first-order valence-corrected chi connectivity index (χ1v) is 8.94. The summed E-state index contributed by atoms with van der Waals surface area (Å²) in [4.78, 5) is 20.2. The highest BCUT2D eigenvalue weighted by Gasteiger charge is 2.23. The van der Waals surface area contributed by atoms with Crippen molar-refractivity contribution >= 4 is 16.9 Å². The van der Waals surface area contributed by atoms with Gasteiger partial charge in [-0.15, -0.1) is 0 Å². The Morgan fingerprint density at radius 1 is 1.19 bits per heavy atom. The number of hydrogen-bond acceptors (Lipinski definition) is 4. The van der Waals surface area contributed by atoms with E-state index < -0.39 is 11.8 Å². The van der Waals surface area contributed by atoms with Crippen LogP contribution < -0.4 is 4.74 Å². The minimum absolute atomic E-state index is 0.125. The summed E-state index contributed by atoms with van der Waals surface area (Å²) >= 11 is 0. The van der Waals surface area contributed by atoms with Gasteiger partial charge in [0.25, 0.3) is 0 Å². The molecule has 0 bridgehead atoms. The van der Waals surface area contributed by atoms with E-state index in [1.54, 1.807) is 18.2 Å². The second kappa shape index (κ2) is 6.95. The van der Waals surface area contributed by atoms with Crippen molar-refractivity contribution in [2.75, 3.05) is 7.11 Å². The summed E-state index contributed by atoms with van der Waals surface area (Å²) in [6, 6.07) is 8.15. The van der Waals surface area contributed by atoms with E-state index in [4.69, 9.17) is 4.74 Å². The van der Waals surface area contributed by atoms with E-state index in [-0.39, 0.29) is 11.7 Å². The van der Waals surface area contributed by atoms with Gasteiger partial charge < -0.3 is 9.84 Å². The van der Waals surface area contributed by atoms with Crippen LogP contribution in [0.1, 0.15) is 47.5 Å². The Kier molecular flexibility index (Phi) is 4.48. The maximum atomic E-state index is 14.3. The molecule has 4 rings (SSSR count). The molecule has 138 valence electrons. The molecule has 1 heterocycles. The highest BCUT2D eigenvalue weighted by Crippen LogP contribution is 2.38. The molecule has 1 aliphatic rings. The van der Waals surface area contributed by atoms with Gasteiger partial charge in [0.15, 0.2) is 11.6 Å². The summed E-state index contributed by atoms with van der Waals surface area (Å²) < 4.78 is 19.3. The molecule has 0 spiro atoms. The largest absolute Gasteiger partial charge is 0.494 e. The second-order valence-electron chi connectivity index (χ2n) is 6.81. The van der Waals surface area contributed by atoms with Crippen molar-refractivity contribution in [3.8, 4) is 17.0 Å². The summed E-state index contributed by atoms with van der Waals surface area (Å²) in [6.45, 7) is 0. The number of carboxylic acid groups (broad SMARTS) is 1. The van der Waals surface area contributed by atoms with Crippen LogP contribution in [-0.2, 0) is 0 Å². The van der Waals surface area contributed by atoms with Crippen LogP contribution in [0.4, 0.5) is 4.39 Å². The summed E-state index contributed by atoms with van der Waals surface area (Å²) in [7, 11) is 1.41. The SMILES string of the molecule is COc1cc2ncnc(-c3ccc(C(=O)O)c(C4CCCC4)c3)c2cc1F. The molecule has 5 nitrogen and oxygen atoms in total. The fourth-order valence-corrected chi connectivity index (χ4v) is 3.92. The number of methoxy groups -OCH3 is 1. The summed E-state index contributed by atoms with van der Waals surface area (Å²) in [5.41, 5.74) is 3.08. The van der Waals surface area contributed by atoms with Crippen LogP contribution in [0.3, 0.4) is 0 Å². The Morgan fingerprint density at radius 2 is 1.96 bits per heavy atom. The van der Waals surface area contributed by atoms with Crippen LogP contribution in [0, 0.1) is 5.82 Å². The molecular weight excluding hydrogens is 347 g/mol. The fraction of sp³-hybridized carbons (Fsp3) is 0.286. The van der Waals surface area contributed by atoms with Gasteiger partial charge in [-0.3, -0.25) is 0 Å². The normalized spacial score (nSPS) is 14.6. The van der Waals surface area contributed by atoms with Crippen molar-refractivity contribution in [1.82, 2.24) is 9.97 Å². The molecule has 0 aliphatic heterocycles. The van der Waals surface area contributed by atoms with Gasteiger partial charge >= 0.3 is 5.97 Å². The summed E-state index contributed by atoms with van der Waals surface area (Å²) in [6.07, 6.45) is 5.61. The Labute approximate surface area is 155 Å². The van der Waals surface area contributed by atoms with Crippen molar-refractivity contribution in [3.05, 3.63) is 53.6 Å². The van der Waals surface area contributed by atoms with Crippen LogP contribution in [-0.4, -0.2) is 28.2 Å². The van der Waals surface area contributed by atoms with Gasteiger partial charge in [-0.1, -0.05) is 18.9 Å². The monoisotopic (exact) mass is 366 g/mol. The van der Waals surface area contributed by atoms with E-state index in [1.165, 1.54) is 19.5 Å². The van der Waals surface area contributed by atoms with E-state index in [9.17, 15) is 14.3 Å². The van der Waals surface area contributed by atoms with Crippen LogP contribution in [0.15, 0.2) is 36.7 Å². The maximum absolute atomic E-state index is 14.3. The molecule has 0 amide bonds. The Hall–Kier alpha value is -3.02. The lowest BCUT2D eigenvalue weighted by Crippen LogP contribution is -2.06. The predicted molar refractivity (Wildman–Crippen MR) is 99.7 cm³/mol. The standard InChI is InChI=1S/C21H19FN2O3/c1-27-19-10-18-16(9-17(19)22)20(24-11-23-18)13-6-7-14(21(25)26)15(8-13)12-4-2-3-5-12/h6-12H,2-5H2,1H3,(H,25,26). The number of carbonyl (C=O) groups is 1. The van der Waals surface area contributed by atoms with Crippen molar-refractivity contribution in [2.45, 2.75) is 31.6 Å². The fourth-order valence-electron chi connectivity index (χ4n) is 3.92. The van der Waals surface area contributed by atoms with Gasteiger partial charge in [0.1, 0.15) is 6.33 Å². The van der Waals surface area contributed by atoms with Gasteiger partial charge in [0.05, 0.1) is 23.9 Å².